The van der Waals surface area contributed by atoms with E-state index in [2.05, 4.69) is 53.3 Å². The van der Waals surface area contributed by atoms with Crippen molar-refractivity contribution in [2.45, 2.75) is 32.8 Å². The maximum absolute atomic E-state index is 6.00. The van der Waals surface area contributed by atoms with E-state index in [-0.39, 0.29) is 6.10 Å². The summed E-state index contributed by atoms with van der Waals surface area (Å²) in [6.07, 6.45) is 2.35. The van der Waals surface area contributed by atoms with Crippen LogP contribution in [-0.4, -0.2) is 70.6 Å². The Kier molecular flexibility index (Phi) is 10.2. The van der Waals surface area contributed by atoms with Crippen LogP contribution in [-0.2, 0) is 14.2 Å². The molecule has 1 aliphatic rings. The monoisotopic (exact) mass is 377 g/mol. The SMILES string of the molecule is CCCCOCCOCCNC(=NC)N1CCOC(c2ccccc2C)C1. The lowest BCUT2D eigenvalue weighted by Crippen LogP contribution is -2.48. The smallest absolute Gasteiger partial charge is 0.193 e. The van der Waals surface area contributed by atoms with Crippen LogP contribution in [0.3, 0.4) is 0 Å². The summed E-state index contributed by atoms with van der Waals surface area (Å²) in [6.45, 7) is 10.1. The van der Waals surface area contributed by atoms with Crippen molar-refractivity contribution >= 4 is 5.96 Å². The first-order valence-electron chi connectivity index (χ1n) is 10.0. The Hall–Kier alpha value is -1.63. The normalized spacial score (nSPS) is 18.0. The molecule has 0 saturated carbocycles. The molecule has 6 heteroatoms. The minimum Gasteiger partial charge on any atom is -0.379 e. The van der Waals surface area contributed by atoms with E-state index in [4.69, 9.17) is 14.2 Å². The fourth-order valence-electron chi connectivity index (χ4n) is 3.11. The van der Waals surface area contributed by atoms with Crippen molar-refractivity contribution in [3.8, 4) is 0 Å². The Bertz CT molecular complexity index is 565. The first-order valence-corrected chi connectivity index (χ1v) is 10.0. The molecule has 0 bridgehead atoms. The van der Waals surface area contributed by atoms with Gasteiger partial charge in [0.1, 0.15) is 6.10 Å². The number of unbranched alkanes of at least 4 members (excludes halogenated alkanes) is 1. The van der Waals surface area contributed by atoms with Gasteiger partial charge < -0.3 is 24.4 Å². The van der Waals surface area contributed by atoms with Gasteiger partial charge in [-0.25, -0.2) is 0 Å². The lowest BCUT2D eigenvalue weighted by molar-refractivity contribution is -0.00851. The van der Waals surface area contributed by atoms with Crippen molar-refractivity contribution in [2.75, 3.05) is 59.7 Å². The Labute approximate surface area is 163 Å². The fourth-order valence-corrected chi connectivity index (χ4v) is 3.11. The molecule has 0 spiro atoms. The van der Waals surface area contributed by atoms with Gasteiger partial charge in [0.15, 0.2) is 5.96 Å². The van der Waals surface area contributed by atoms with E-state index >= 15 is 0 Å². The van der Waals surface area contributed by atoms with Crippen LogP contribution in [0.4, 0.5) is 0 Å². The Morgan fingerprint density at radius 2 is 2.00 bits per heavy atom. The molecule has 1 aromatic carbocycles. The summed E-state index contributed by atoms with van der Waals surface area (Å²) in [4.78, 5) is 6.68. The Morgan fingerprint density at radius 1 is 1.22 bits per heavy atom. The average Bonchev–Trinajstić information content (AvgIpc) is 2.70. The van der Waals surface area contributed by atoms with E-state index in [9.17, 15) is 0 Å². The number of aryl methyl sites for hydroxylation is 1. The first-order chi connectivity index (χ1) is 13.3. The van der Waals surface area contributed by atoms with Crippen LogP contribution in [0.15, 0.2) is 29.3 Å². The first kappa shape index (κ1) is 21.7. The molecule has 0 aliphatic carbocycles. The number of hydrogen-bond donors (Lipinski definition) is 1. The van der Waals surface area contributed by atoms with Crippen molar-refractivity contribution < 1.29 is 14.2 Å². The van der Waals surface area contributed by atoms with Gasteiger partial charge in [-0.2, -0.15) is 0 Å². The van der Waals surface area contributed by atoms with Gasteiger partial charge in [0.2, 0.25) is 0 Å². The molecular formula is C21H35N3O3. The predicted octanol–water partition coefficient (Wildman–Crippen LogP) is 2.78. The second kappa shape index (κ2) is 12.7. The number of hydrogen-bond acceptors (Lipinski definition) is 4. The quantitative estimate of drug-likeness (QED) is 0.386. The highest BCUT2D eigenvalue weighted by molar-refractivity contribution is 5.80. The molecular weight excluding hydrogens is 342 g/mol. The lowest BCUT2D eigenvalue weighted by atomic mass is 10.0. The van der Waals surface area contributed by atoms with E-state index in [1.165, 1.54) is 11.1 Å². The number of ether oxygens (including phenoxy) is 3. The number of nitrogens with one attached hydrogen (secondary N) is 1. The molecule has 1 atom stereocenters. The molecule has 1 unspecified atom stereocenters. The van der Waals surface area contributed by atoms with Crippen LogP contribution >= 0.6 is 0 Å². The van der Waals surface area contributed by atoms with Crippen molar-refractivity contribution in [3.05, 3.63) is 35.4 Å². The van der Waals surface area contributed by atoms with Crippen molar-refractivity contribution in [2.24, 2.45) is 4.99 Å². The van der Waals surface area contributed by atoms with E-state index in [0.29, 0.717) is 26.4 Å². The van der Waals surface area contributed by atoms with Crippen LogP contribution in [0.5, 0.6) is 0 Å². The molecule has 1 aromatic rings. The van der Waals surface area contributed by atoms with E-state index in [1.54, 1.807) is 0 Å². The number of morpholine rings is 1. The third-order valence-electron chi connectivity index (χ3n) is 4.66. The second-order valence-electron chi connectivity index (χ2n) is 6.71. The Balaban J connectivity index is 1.70. The molecule has 152 valence electrons. The van der Waals surface area contributed by atoms with Gasteiger partial charge in [-0.3, -0.25) is 4.99 Å². The van der Waals surface area contributed by atoms with Gasteiger partial charge in [-0.15, -0.1) is 0 Å². The highest BCUT2D eigenvalue weighted by Gasteiger charge is 2.24. The molecule has 6 nitrogen and oxygen atoms in total. The van der Waals surface area contributed by atoms with Gasteiger partial charge in [0, 0.05) is 26.7 Å². The van der Waals surface area contributed by atoms with Crippen LogP contribution in [0.25, 0.3) is 0 Å². The van der Waals surface area contributed by atoms with Gasteiger partial charge >= 0.3 is 0 Å². The minimum absolute atomic E-state index is 0.0787. The average molecular weight is 378 g/mol. The predicted molar refractivity (Wildman–Crippen MR) is 109 cm³/mol. The molecule has 1 aliphatic heterocycles. The van der Waals surface area contributed by atoms with Gasteiger partial charge in [0.05, 0.1) is 33.0 Å². The summed E-state index contributed by atoms with van der Waals surface area (Å²) in [7, 11) is 1.82. The zero-order chi connectivity index (χ0) is 19.3. The highest BCUT2D eigenvalue weighted by atomic mass is 16.5. The van der Waals surface area contributed by atoms with E-state index < -0.39 is 0 Å². The maximum Gasteiger partial charge on any atom is 0.193 e. The van der Waals surface area contributed by atoms with Gasteiger partial charge in [0.25, 0.3) is 0 Å². The number of guanidine groups is 1. The Morgan fingerprint density at radius 3 is 2.74 bits per heavy atom. The van der Waals surface area contributed by atoms with Crippen LogP contribution in [0.1, 0.15) is 37.0 Å². The summed E-state index contributed by atoms with van der Waals surface area (Å²) >= 11 is 0. The lowest BCUT2D eigenvalue weighted by Gasteiger charge is -2.35. The summed E-state index contributed by atoms with van der Waals surface area (Å²) in [5.41, 5.74) is 2.52. The van der Waals surface area contributed by atoms with Gasteiger partial charge in [-0.1, -0.05) is 37.6 Å². The maximum atomic E-state index is 6.00. The standard InChI is InChI=1S/C21H35N3O3/c1-4-5-12-25-15-16-26-13-10-23-21(22-3)24-11-14-27-20(17-24)19-9-7-6-8-18(19)2/h6-9,20H,4-5,10-17H2,1-3H3,(H,22,23). The zero-order valence-electron chi connectivity index (χ0n) is 17.1. The summed E-state index contributed by atoms with van der Waals surface area (Å²) in [5, 5.41) is 3.39. The zero-order valence-corrected chi connectivity index (χ0v) is 17.1. The third-order valence-corrected chi connectivity index (χ3v) is 4.66. The fraction of sp³-hybridized carbons (Fsp3) is 0.667. The molecule has 0 radical (unpaired) electrons. The third kappa shape index (κ3) is 7.48. The molecule has 27 heavy (non-hydrogen) atoms. The van der Waals surface area contributed by atoms with E-state index in [0.717, 1.165) is 45.0 Å². The van der Waals surface area contributed by atoms with Crippen molar-refractivity contribution in [3.63, 3.8) is 0 Å². The molecule has 1 heterocycles. The number of rotatable bonds is 10. The molecule has 1 N–H and O–H groups in total. The topological polar surface area (TPSA) is 55.3 Å². The molecule has 1 fully saturated rings. The van der Waals surface area contributed by atoms with Crippen LogP contribution in [0, 0.1) is 6.92 Å². The van der Waals surface area contributed by atoms with Crippen molar-refractivity contribution in [1.82, 2.24) is 10.2 Å². The van der Waals surface area contributed by atoms with Crippen LogP contribution < -0.4 is 5.32 Å². The van der Waals surface area contributed by atoms with Crippen molar-refractivity contribution in [1.29, 1.82) is 0 Å². The van der Waals surface area contributed by atoms with Gasteiger partial charge in [-0.05, 0) is 24.5 Å². The molecule has 2 rings (SSSR count). The molecule has 1 saturated heterocycles. The van der Waals surface area contributed by atoms with Crippen LogP contribution in [0.2, 0.25) is 0 Å². The highest BCUT2D eigenvalue weighted by Crippen LogP contribution is 2.24. The second-order valence-corrected chi connectivity index (χ2v) is 6.71. The summed E-state index contributed by atoms with van der Waals surface area (Å²) < 4.78 is 17.1. The molecule has 0 amide bonds. The largest absolute Gasteiger partial charge is 0.379 e. The van der Waals surface area contributed by atoms with E-state index in [1.807, 2.05) is 7.05 Å². The molecule has 0 aromatic heterocycles. The summed E-state index contributed by atoms with van der Waals surface area (Å²) in [6, 6.07) is 8.42. The number of aliphatic imine (C=N–C) groups is 1. The minimum atomic E-state index is 0.0787. The number of nitrogens with zero attached hydrogens (tertiary/aromatic N) is 2. The number of benzene rings is 1. The summed E-state index contributed by atoms with van der Waals surface area (Å²) in [5.74, 6) is 0.902.